The van der Waals surface area contributed by atoms with Gasteiger partial charge in [-0.1, -0.05) is 0 Å². The van der Waals surface area contributed by atoms with Gasteiger partial charge in [-0.05, 0) is 24.3 Å². The monoisotopic (exact) mass is 238 g/mol. The lowest BCUT2D eigenvalue weighted by atomic mass is 10.2. The lowest BCUT2D eigenvalue weighted by molar-refractivity contribution is -0.137. The van der Waals surface area contributed by atoms with Gasteiger partial charge in [-0.3, -0.25) is 0 Å². The number of rotatable bonds is 1. The minimum absolute atomic E-state index is 0.165. The van der Waals surface area contributed by atoms with Gasteiger partial charge in [-0.25, -0.2) is 9.35 Å². The second kappa shape index (κ2) is 3.82. The van der Waals surface area contributed by atoms with E-state index in [-0.39, 0.29) is 5.69 Å². The number of halogens is 3. The van der Waals surface area contributed by atoms with Crippen molar-refractivity contribution >= 4 is 15.6 Å². The molecule has 0 aliphatic heterocycles. The lowest BCUT2D eigenvalue weighted by Gasteiger charge is -2.05. The molecule has 0 saturated heterocycles. The van der Waals surface area contributed by atoms with Crippen LogP contribution >= 0.6 is 0 Å². The molecule has 0 aliphatic rings. The molecule has 0 aromatic heterocycles. The first kappa shape index (κ1) is 12.0. The van der Waals surface area contributed by atoms with Crippen LogP contribution < -0.4 is 5.14 Å². The van der Waals surface area contributed by atoms with Crippen molar-refractivity contribution in [1.29, 1.82) is 0 Å². The zero-order chi connectivity index (χ0) is 11.7. The highest BCUT2D eigenvalue weighted by Crippen LogP contribution is 2.30. The van der Waals surface area contributed by atoms with Crippen LogP contribution in [0.4, 0.5) is 18.9 Å². The molecule has 0 heterocycles. The van der Waals surface area contributed by atoms with Gasteiger partial charge in [-0.2, -0.15) is 17.5 Å². The molecule has 3 nitrogen and oxygen atoms in total. The largest absolute Gasteiger partial charge is 0.416 e. The van der Waals surface area contributed by atoms with Crippen molar-refractivity contribution in [1.82, 2.24) is 0 Å². The van der Waals surface area contributed by atoms with E-state index in [4.69, 9.17) is 5.14 Å². The first-order valence-corrected chi connectivity index (χ1v) is 5.84. The molecule has 2 N–H and O–H groups in total. The summed E-state index contributed by atoms with van der Waals surface area (Å²) in [5.74, 6) is 0. The van der Waals surface area contributed by atoms with Crippen LogP contribution in [-0.4, -0.2) is 10.5 Å². The van der Waals surface area contributed by atoms with E-state index in [1.165, 1.54) is 6.26 Å². The van der Waals surface area contributed by atoms with Gasteiger partial charge in [0.05, 0.1) is 11.3 Å². The SMILES string of the molecule is CS(N)(=O)=Nc1ccc(C(F)(F)F)cc1. The van der Waals surface area contributed by atoms with Crippen LogP contribution in [0.15, 0.2) is 28.6 Å². The molecule has 0 amide bonds. The molecule has 1 rings (SSSR count). The highest BCUT2D eigenvalue weighted by atomic mass is 32.2. The predicted octanol–water partition coefficient (Wildman–Crippen LogP) is 2.31. The molecule has 0 bridgehead atoms. The van der Waals surface area contributed by atoms with Gasteiger partial charge in [0.25, 0.3) is 0 Å². The number of hydrogen-bond donors (Lipinski definition) is 1. The van der Waals surface area contributed by atoms with Gasteiger partial charge in [-0.15, -0.1) is 0 Å². The van der Waals surface area contributed by atoms with E-state index in [1.54, 1.807) is 0 Å². The van der Waals surface area contributed by atoms with E-state index in [9.17, 15) is 17.4 Å². The van der Waals surface area contributed by atoms with Crippen LogP contribution in [0.3, 0.4) is 0 Å². The van der Waals surface area contributed by atoms with Crippen molar-refractivity contribution in [3.05, 3.63) is 29.8 Å². The second-order valence-corrected chi connectivity index (χ2v) is 4.90. The maximum absolute atomic E-state index is 12.1. The molecular weight excluding hydrogens is 229 g/mol. The minimum Gasteiger partial charge on any atom is -0.245 e. The average Bonchev–Trinajstić information content (AvgIpc) is 2.00. The zero-order valence-corrected chi connectivity index (χ0v) is 8.60. The van der Waals surface area contributed by atoms with Gasteiger partial charge < -0.3 is 0 Å². The molecule has 0 radical (unpaired) electrons. The van der Waals surface area contributed by atoms with Crippen LogP contribution in [0.5, 0.6) is 0 Å². The second-order valence-electron chi connectivity index (χ2n) is 3.00. The summed E-state index contributed by atoms with van der Waals surface area (Å²) >= 11 is 0. The molecule has 0 spiro atoms. The molecule has 0 aliphatic carbocycles. The molecule has 1 aromatic carbocycles. The molecule has 1 aromatic rings. The van der Waals surface area contributed by atoms with Crippen molar-refractivity contribution in [2.45, 2.75) is 6.18 Å². The lowest BCUT2D eigenvalue weighted by Crippen LogP contribution is -2.07. The smallest absolute Gasteiger partial charge is 0.245 e. The van der Waals surface area contributed by atoms with Crippen LogP contribution in [0.1, 0.15) is 5.56 Å². The first-order chi connectivity index (χ1) is 6.68. The fourth-order valence-electron chi connectivity index (χ4n) is 0.921. The zero-order valence-electron chi connectivity index (χ0n) is 7.78. The van der Waals surface area contributed by atoms with E-state index >= 15 is 0 Å². The maximum Gasteiger partial charge on any atom is 0.416 e. The topological polar surface area (TPSA) is 55.5 Å². The molecule has 15 heavy (non-hydrogen) atoms. The van der Waals surface area contributed by atoms with Crippen LogP contribution in [0.2, 0.25) is 0 Å². The van der Waals surface area contributed by atoms with Crippen LogP contribution in [0, 0.1) is 0 Å². The summed E-state index contributed by atoms with van der Waals surface area (Å²) in [6.45, 7) is 0. The number of benzene rings is 1. The summed E-state index contributed by atoms with van der Waals surface area (Å²) in [5.41, 5.74) is -0.612. The fourth-order valence-corrected chi connectivity index (χ4v) is 1.46. The van der Waals surface area contributed by atoms with E-state index in [0.29, 0.717) is 0 Å². The quantitative estimate of drug-likeness (QED) is 0.801. The van der Waals surface area contributed by atoms with Gasteiger partial charge in [0.1, 0.15) is 9.92 Å². The first-order valence-electron chi connectivity index (χ1n) is 3.86. The molecule has 0 fully saturated rings. The molecule has 0 saturated carbocycles. The third-order valence-corrected chi connectivity index (χ3v) is 2.05. The Morgan fingerprint density at radius 2 is 1.73 bits per heavy atom. The van der Waals surface area contributed by atoms with E-state index in [0.717, 1.165) is 24.3 Å². The normalized spacial score (nSPS) is 15.8. The Hall–Kier alpha value is -1.08. The van der Waals surface area contributed by atoms with Crippen LogP contribution in [0.25, 0.3) is 0 Å². The standard InChI is InChI=1S/C8H9F3N2OS/c1-15(12,14)13-7-4-2-6(3-5-7)8(9,10)11/h2-5H,1H3,(H2,12,13,14). The molecule has 84 valence electrons. The third kappa shape index (κ3) is 3.88. The van der Waals surface area contributed by atoms with Gasteiger partial charge in [0, 0.05) is 6.26 Å². The van der Waals surface area contributed by atoms with Crippen molar-refractivity contribution in [2.24, 2.45) is 9.50 Å². The Morgan fingerprint density at radius 3 is 2.07 bits per heavy atom. The van der Waals surface area contributed by atoms with Gasteiger partial charge in [0.2, 0.25) is 0 Å². The Kier molecular flexibility index (Phi) is 3.05. The summed E-state index contributed by atoms with van der Waals surface area (Å²) in [6.07, 6.45) is -3.18. The van der Waals surface area contributed by atoms with Gasteiger partial charge >= 0.3 is 6.18 Å². The highest BCUT2D eigenvalue weighted by Gasteiger charge is 2.29. The van der Waals surface area contributed by atoms with Crippen molar-refractivity contribution < 1.29 is 17.4 Å². The Labute approximate surface area is 85.4 Å². The number of nitrogens with two attached hydrogens (primary N) is 1. The summed E-state index contributed by atoms with van der Waals surface area (Å²) in [5, 5.41) is 5.13. The summed E-state index contributed by atoms with van der Waals surface area (Å²) in [7, 11) is -2.83. The van der Waals surface area contributed by atoms with E-state index < -0.39 is 21.7 Å². The van der Waals surface area contributed by atoms with E-state index in [2.05, 4.69) is 4.36 Å². The summed E-state index contributed by atoms with van der Waals surface area (Å²) < 4.78 is 51.0. The molecule has 1 atom stereocenters. The number of alkyl halides is 3. The summed E-state index contributed by atoms with van der Waals surface area (Å²) in [4.78, 5) is 0. The van der Waals surface area contributed by atoms with E-state index in [1.807, 2.05) is 0 Å². The Morgan fingerprint density at radius 1 is 1.27 bits per heavy atom. The summed E-state index contributed by atoms with van der Waals surface area (Å²) in [6, 6.07) is 3.98. The third-order valence-electron chi connectivity index (χ3n) is 1.48. The molecular formula is C8H9F3N2OS. The minimum atomic E-state index is -4.38. The average molecular weight is 238 g/mol. The van der Waals surface area contributed by atoms with Gasteiger partial charge in [0.15, 0.2) is 0 Å². The Balaban J connectivity index is 3.07. The number of nitrogens with zero attached hydrogens (tertiary/aromatic N) is 1. The van der Waals surface area contributed by atoms with Crippen LogP contribution in [-0.2, 0) is 16.1 Å². The molecule has 1 unspecified atom stereocenters. The Bertz CT molecular complexity index is 450. The number of hydrogen-bond acceptors (Lipinski definition) is 2. The maximum atomic E-state index is 12.1. The highest BCUT2D eigenvalue weighted by molar-refractivity contribution is 7.90. The fraction of sp³-hybridized carbons (Fsp3) is 0.250. The predicted molar refractivity (Wildman–Crippen MR) is 51.8 cm³/mol. The van der Waals surface area contributed by atoms with Crippen molar-refractivity contribution in [3.8, 4) is 0 Å². The van der Waals surface area contributed by atoms with Crippen molar-refractivity contribution in [3.63, 3.8) is 0 Å². The molecule has 7 heteroatoms. The van der Waals surface area contributed by atoms with Crippen molar-refractivity contribution in [2.75, 3.05) is 6.26 Å².